The number of ether oxygens (including phenoxy) is 3. The molecule has 0 aliphatic carbocycles. The maximum atomic E-state index is 12.6. The van der Waals surface area contributed by atoms with Crippen LogP contribution in [0.1, 0.15) is 136 Å². The number of phosphoric ester groups is 1. The molecule has 1 N–H and O–H groups in total. The van der Waals surface area contributed by atoms with Gasteiger partial charge in [-0.3, -0.25) is 13.8 Å². The average Bonchev–Trinajstić information content (AvgIpc) is 2.96. The molecular weight excluding hydrogens is 581 g/mol. The van der Waals surface area contributed by atoms with Crippen molar-refractivity contribution in [2.45, 2.75) is 149 Å². The molecule has 0 rings (SSSR count). The second kappa shape index (κ2) is 27.6. The summed E-state index contributed by atoms with van der Waals surface area (Å²) in [6.07, 6.45) is 19.9. The van der Waals surface area contributed by atoms with Crippen molar-refractivity contribution in [1.82, 2.24) is 0 Å². The maximum Gasteiger partial charge on any atom is 0.472 e. The second-order valence-corrected chi connectivity index (χ2v) is 14.9. The fraction of sp³-hybridized carbons (Fsp3) is 0.971. The quantitative estimate of drug-likeness (QED) is 0.0334. The molecule has 0 aromatic carbocycles. The highest BCUT2D eigenvalue weighted by molar-refractivity contribution is 7.47. The summed E-state index contributed by atoms with van der Waals surface area (Å²) < 4.78 is 41.0. The number of quaternary nitrogens is 1. The Morgan fingerprint density at radius 3 is 1.89 bits per heavy atom. The van der Waals surface area contributed by atoms with Gasteiger partial charge in [0.15, 0.2) is 0 Å². The minimum Gasteiger partial charge on any atom is -0.469 e. The van der Waals surface area contributed by atoms with E-state index in [1.54, 1.807) is 0 Å². The van der Waals surface area contributed by atoms with Crippen LogP contribution >= 0.6 is 7.82 Å². The van der Waals surface area contributed by atoms with E-state index in [1.165, 1.54) is 84.2 Å². The molecule has 0 spiro atoms. The SMILES string of the molecule is CCCCCCCCCCC[C@@H](OC[C@H](COP(=O)(O)OCC[N+](C)(C)C)OCCCCC(=O)OC)[C@H](C)CCCCCC. The summed E-state index contributed by atoms with van der Waals surface area (Å²) in [6.45, 7) is 8.03. The average molecular weight is 653 g/mol. The summed E-state index contributed by atoms with van der Waals surface area (Å²) in [4.78, 5) is 21.7. The topological polar surface area (TPSA) is 101 Å². The Bertz CT molecular complexity index is 718. The van der Waals surface area contributed by atoms with E-state index in [-0.39, 0.29) is 31.9 Å². The number of esters is 1. The fourth-order valence-electron chi connectivity index (χ4n) is 5.01. The van der Waals surface area contributed by atoms with E-state index in [4.69, 9.17) is 23.3 Å². The zero-order valence-corrected chi connectivity index (χ0v) is 30.6. The fourth-order valence-corrected chi connectivity index (χ4v) is 5.75. The second-order valence-electron chi connectivity index (χ2n) is 13.5. The Labute approximate surface area is 271 Å². The number of phosphoric acid groups is 1. The van der Waals surface area contributed by atoms with Crippen LogP contribution in [-0.2, 0) is 32.6 Å². The summed E-state index contributed by atoms with van der Waals surface area (Å²) in [5.74, 6) is 0.179. The zero-order valence-electron chi connectivity index (χ0n) is 29.7. The minimum atomic E-state index is -4.23. The van der Waals surface area contributed by atoms with Crippen molar-refractivity contribution in [1.29, 1.82) is 0 Å². The van der Waals surface area contributed by atoms with Gasteiger partial charge in [0.2, 0.25) is 0 Å². The van der Waals surface area contributed by atoms with Gasteiger partial charge < -0.3 is 23.6 Å². The van der Waals surface area contributed by atoms with Crippen LogP contribution in [0.25, 0.3) is 0 Å². The van der Waals surface area contributed by atoms with Crippen molar-refractivity contribution in [3.8, 4) is 0 Å². The first-order valence-electron chi connectivity index (χ1n) is 17.7. The highest BCUT2D eigenvalue weighted by atomic mass is 31.2. The smallest absolute Gasteiger partial charge is 0.469 e. The molecule has 0 saturated heterocycles. The first-order chi connectivity index (χ1) is 20.9. The van der Waals surface area contributed by atoms with Gasteiger partial charge in [-0.1, -0.05) is 104 Å². The number of methoxy groups -OCH3 is 1. The largest absolute Gasteiger partial charge is 0.472 e. The summed E-state index contributed by atoms with van der Waals surface area (Å²) in [5.41, 5.74) is 0. The Balaban J connectivity index is 5.07. The summed E-state index contributed by atoms with van der Waals surface area (Å²) in [5, 5.41) is 0. The number of rotatable bonds is 32. The molecule has 0 aromatic rings. The van der Waals surface area contributed by atoms with Gasteiger partial charge in [0.25, 0.3) is 0 Å². The Hall–Kier alpha value is -0.540. The Morgan fingerprint density at radius 2 is 1.30 bits per heavy atom. The number of hydrogen-bond donors (Lipinski definition) is 1. The predicted molar refractivity (Wildman–Crippen MR) is 180 cm³/mol. The normalized spacial score (nSPS) is 15.5. The van der Waals surface area contributed by atoms with Gasteiger partial charge in [-0.15, -0.1) is 0 Å². The van der Waals surface area contributed by atoms with Crippen LogP contribution in [0.15, 0.2) is 0 Å². The highest BCUT2D eigenvalue weighted by Crippen LogP contribution is 2.43. The van der Waals surface area contributed by atoms with E-state index in [0.29, 0.717) is 42.8 Å². The lowest BCUT2D eigenvalue weighted by Crippen LogP contribution is -2.37. The van der Waals surface area contributed by atoms with Crippen LogP contribution in [0, 0.1) is 5.92 Å². The monoisotopic (exact) mass is 652 g/mol. The molecule has 10 heteroatoms. The number of unbranched alkanes of at least 4 members (excludes halogenated alkanes) is 12. The van der Waals surface area contributed by atoms with Crippen molar-refractivity contribution < 1.29 is 42.0 Å². The van der Waals surface area contributed by atoms with E-state index in [1.807, 2.05) is 21.1 Å². The molecule has 0 saturated carbocycles. The van der Waals surface area contributed by atoms with Crippen molar-refractivity contribution >= 4 is 13.8 Å². The van der Waals surface area contributed by atoms with E-state index >= 15 is 0 Å². The highest BCUT2D eigenvalue weighted by Gasteiger charge is 2.26. The number of carbonyl (C=O) groups excluding carboxylic acids is 1. The van der Waals surface area contributed by atoms with Gasteiger partial charge in [-0.05, 0) is 31.6 Å². The number of hydrogen-bond acceptors (Lipinski definition) is 7. The first kappa shape index (κ1) is 43.5. The molecule has 9 nitrogen and oxygen atoms in total. The Kier molecular flexibility index (Phi) is 27.2. The van der Waals surface area contributed by atoms with E-state index < -0.39 is 13.9 Å². The van der Waals surface area contributed by atoms with Crippen LogP contribution in [-0.4, -0.2) is 88.8 Å². The van der Waals surface area contributed by atoms with Crippen molar-refractivity contribution in [2.75, 3.05) is 61.2 Å². The number of likely N-dealkylation sites (N-methyl/N-ethyl adjacent to an activating group) is 1. The molecule has 44 heavy (non-hydrogen) atoms. The lowest BCUT2D eigenvalue weighted by Gasteiger charge is -2.28. The standard InChI is InChI=1S/C34H70NO8P/c1-8-10-12-14-15-16-17-18-20-24-33(31(3)23-19-13-11-9-2)41-29-32(40-27-22-21-25-34(36)39-7)30-43-44(37,38)42-28-26-35(4,5)6/h31-33H,8-30H2,1-7H3/p+1/t31-,32-,33-/m1/s1. The molecule has 0 bridgehead atoms. The molecule has 0 amide bonds. The molecule has 0 aliphatic heterocycles. The maximum absolute atomic E-state index is 12.6. The predicted octanol–water partition coefficient (Wildman–Crippen LogP) is 8.47. The van der Waals surface area contributed by atoms with Crippen molar-refractivity contribution in [3.63, 3.8) is 0 Å². The minimum absolute atomic E-state index is 0.105. The summed E-state index contributed by atoms with van der Waals surface area (Å²) in [6, 6.07) is 0. The first-order valence-corrected chi connectivity index (χ1v) is 19.2. The molecule has 0 fully saturated rings. The van der Waals surface area contributed by atoms with Crippen molar-refractivity contribution in [2.24, 2.45) is 5.92 Å². The van der Waals surface area contributed by atoms with Crippen LogP contribution in [0.5, 0.6) is 0 Å². The zero-order chi connectivity index (χ0) is 33.1. The van der Waals surface area contributed by atoms with Crippen LogP contribution < -0.4 is 0 Å². The molecule has 4 atom stereocenters. The van der Waals surface area contributed by atoms with Gasteiger partial charge in [-0.25, -0.2) is 4.57 Å². The Morgan fingerprint density at radius 1 is 0.727 bits per heavy atom. The third-order valence-corrected chi connectivity index (χ3v) is 9.02. The molecular formula is C34H71NO8P+. The lowest BCUT2D eigenvalue weighted by atomic mass is 9.93. The van der Waals surface area contributed by atoms with Gasteiger partial charge in [0, 0.05) is 13.0 Å². The van der Waals surface area contributed by atoms with Gasteiger partial charge >= 0.3 is 13.8 Å². The molecule has 0 radical (unpaired) electrons. The molecule has 0 heterocycles. The van der Waals surface area contributed by atoms with Crippen LogP contribution in [0.4, 0.5) is 0 Å². The molecule has 0 aliphatic rings. The summed E-state index contributed by atoms with van der Waals surface area (Å²) in [7, 11) is 3.13. The van der Waals surface area contributed by atoms with E-state index in [0.717, 1.165) is 19.3 Å². The summed E-state index contributed by atoms with van der Waals surface area (Å²) >= 11 is 0. The molecule has 1 unspecified atom stereocenters. The van der Waals surface area contributed by atoms with Gasteiger partial charge in [0.05, 0.1) is 47.6 Å². The lowest BCUT2D eigenvalue weighted by molar-refractivity contribution is -0.870. The van der Waals surface area contributed by atoms with Gasteiger partial charge in [-0.2, -0.15) is 0 Å². The number of nitrogens with zero attached hydrogens (tertiary/aromatic N) is 1. The number of carbonyl (C=O) groups is 1. The van der Waals surface area contributed by atoms with E-state index in [9.17, 15) is 14.3 Å². The van der Waals surface area contributed by atoms with E-state index in [2.05, 4.69) is 20.8 Å². The molecule has 264 valence electrons. The third kappa shape index (κ3) is 27.7. The van der Waals surface area contributed by atoms with Crippen molar-refractivity contribution in [3.05, 3.63) is 0 Å². The van der Waals surface area contributed by atoms with Gasteiger partial charge in [0.1, 0.15) is 19.3 Å². The third-order valence-electron chi connectivity index (χ3n) is 8.03. The van der Waals surface area contributed by atoms with Crippen LogP contribution in [0.2, 0.25) is 0 Å². The molecule has 0 aromatic heterocycles. The van der Waals surface area contributed by atoms with Crippen LogP contribution in [0.3, 0.4) is 0 Å².